The summed E-state index contributed by atoms with van der Waals surface area (Å²) in [6, 6.07) is 0.355. The summed E-state index contributed by atoms with van der Waals surface area (Å²) in [5.41, 5.74) is 5.43. The number of guanidine groups is 1. The first kappa shape index (κ1) is 9.12. The normalized spacial score (nSPS) is 18.9. The SMILES string of the molecule is NC(=NO)N(CCO)C1CCC1. The fourth-order valence-corrected chi connectivity index (χ4v) is 1.35. The summed E-state index contributed by atoms with van der Waals surface area (Å²) in [5, 5.41) is 20.1. The van der Waals surface area contributed by atoms with E-state index in [2.05, 4.69) is 5.16 Å². The fraction of sp³-hybridized carbons (Fsp3) is 0.857. The van der Waals surface area contributed by atoms with Crippen molar-refractivity contribution < 1.29 is 10.3 Å². The monoisotopic (exact) mass is 173 g/mol. The van der Waals surface area contributed by atoms with Gasteiger partial charge >= 0.3 is 0 Å². The molecule has 0 saturated heterocycles. The first-order valence-corrected chi connectivity index (χ1v) is 4.14. The second-order valence-electron chi connectivity index (χ2n) is 2.96. The molecule has 1 rings (SSSR count). The predicted molar refractivity (Wildman–Crippen MR) is 44.8 cm³/mol. The van der Waals surface area contributed by atoms with Crippen molar-refractivity contribution in [3.05, 3.63) is 0 Å². The maximum atomic E-state index is 8.72. The molecular weight excluding hydrogens is 158 g/mol. The Labute approximate surface area is 71.5 Å². The van der Waals surface area contributed by atoms with Gasteiger partial charge < -0.3 is 20.9 Å². The Hall–Kier alpha value is -0.970. The molecule has 5 nitrogen and oxygen atoms in total. The lowest BCUT2D eigenvalue weighted by atomic mass is 9.92. The van der Waals surface area contributed by atoms with Gasteiger partial charge in [0.25, 0.3) is 0 Å². The third-order valence-corrected chi connectivity index (χ3v) is 2.25. The van der Waals surface area contributed by atoms with E-state index in [0.29, 0.717) is 12.6 Å². The Morgan fingerprint density at radius 3 is 2.58 bits per heavy atom. The summed E-state index contributed by atoms with van der Waals surface area (Å²) >= 11 is 0. The standard InChI is InChI=1S/C7H15N3O2/c8-7(9-12)10(4-5-11)6-2-1-3-6/h6,11-12H,1-5H2,(H2,8,9). The summed E-state index contributed by atoms with van der Waals surface area (Å²) in [6.07, 6.45) is 3.32. The molecule has 5 heteroatoms. The average molecular weight is 173 g/mol. The number of hydrogen-bond donors (Lipinski definition) is 3. The summed E-state index contributed by atoms with van der Waals surface area (Å²) in [7, 11) is 0. The van der Waals surface area contributed by atoms with Gasteiger partial charge in [0.15, 0.2) is 0 Å². The Kier molecular flexibility index (Phi) is 3.16. The molecule has 1 aliphatic rings. The van der Waals surface area contributed by atoms with Crippen LogP contribution in [0, 0.1) is 0 Å². The second kappa shape index (κ2) is 4.15. The van der Waals surface area contributed by atoms with E-state index in [9.17, 15) is 0 Å². The topological polar surface area (TPSA) is 82.1 Å². The molecule has 0 atom stereocenters. The van der Waals surface area contributed by atoms with Crippen LogP contribution in [0.1, 0.15) is 19.3 Å². The van der Waals surface area contributed by atoms with E-state index in [1.165, 1.54) is 6.42 Å². The summed E-state index contributed by atoms with van der Waals surface area (Å²) in [4.78, 5) is 1.74. The third-order valence-electron chi connectivity index (χ3n) is 2.25. The van der Waals surface area contributed by atoms with Crippen molar-refractivity contribution in [2.45, 2.75) is 25.3 Å². The van der Waals surface area contributed by atoms with Crippen LogP contribution in [0.3, 0.4) is 0 Å². The summed E-state index contributed by atoms with van der Waals surface area (Å²) < 4.78 is 0. The minimum atomic E-state index is 0.0344. The quantitative estimate of drug-likeness (QED) is 0.233. The number of aliphatic hydroxyl groups is 1. The van der Waals surface area contributed by atoms with E-state index in [4.69, 9.17) is 16.0 Å². The molecule has 1 aliphatic carbocycles. The van der Waals surface area contributed by atoms with Gasteiger partial charge in [-0.25, -0.2) is 0 Å². The first-order valence-electron chi connectivity index (χ1n) is 4.14. The molecule has 0 amide bonds. The molecule has 1 saturated carbocycles. The minimum absolute atomic E-state index is 0.0344. The van der Waals surface area contributed by atoms with Crippen LogP contribution in [0.2, 0.25) is 0 Å². The Bertz CT molecular complexity index is 168. The van der Waals surface area contributed by atoms with Crippen LogP contribution in [0.25, 0.3) is 0 Å². The molecule has 12 heavy (non-hydrogen) atoms. The Balaban J connectivity index is 2.47. The van der Waals surface area contributed by atoms with E-state index in [1.54, 1.807) is 4.90 Å². The smallest absolute Gasteiger partial charge is 0.233 e. The van der Waals surface area contributed by atoms with Gasteiger partial charge in [-0.2, -0.15) is 0 Å². The number of nitrogens with zero attached hydrogens (tertiary/aromatic N) is 2. The van der Waals surface area contributed by atoms with Gasteiger partial charge in [-0.3, -0.25) is 0 Å². The average Bonchev–Trinajstić information content (AvgIpc) is 1.99. The van der Waals surface area contributed by atoms with E-state index in [0.717, 1.165) is 12.8 Å². The second-order valence-corrected chi connectivity index (χ2v) is 2.96. The zero-order valence-electron chi connectivity index (χ0n) is 6.98. The number of rotatable bonds is 3. The molecule has 0 heterocycles. The lowest BCUT2D eigenvalue weighted by Crippen LogP contribution is -2.49. The van der Waals surface area contributed by atoms with E-state index in [-0.39, 0.29) is 12.6 Å². The lowest BCUT2D eigenvalue weighted by Gasteiger charge is -2.37. The van der Waals surface area contributed by atoms with Gasteiger partial charge in [0.1, 0.15) is 0 Å². The lowest BCUT2D eigenvalue weighted by molar-refractivity contribution is 0.160. The van der Waals surface area contributed by atoms with Crippen LogP contribution in [0.15, 0.2) is 5.16 Å². The first-order chi connectivity index (χ1) is 5.79. The zero-order chi connectivity index (χ0) is 8.97. The van der Waals surface area contributed by atoms with Crippen LogP contribution in [0.4, 0.5) is 0 Å². The molecule has 0 radical (unpaired) electrons. The van der Waals surface area contributed by atoms with E-state index < -0.39 is 0 Å². The van der Waals surface area contributed by atoms with Gasteiger partial charge in [-0.05, 0) is 19.3 Å². The molecule has 0 unspecified atom stereocenters. The molecule has 1 fully saturated rings. The van der Waals surface area contributed by atoms with Crippen LogP contribution in [0.5, 0.6) is 0 Å². The van der Waals surface area contributed by atoms with Gasteiger partial charge in [0.05, 0.1) is 6.61 Å². The molecule has 0 aromatic heterocycles. The molecule has 0 bridgehead atoms. The van der Waals surface area contributed by atoms with Crippen molar-refractivity contribution in [3.63, 3.8) is 0 Å². The molecule has 70 valence electrons. The van der Waals surface area contributed by atoms with Crippen molar-refractivity contribution in [2.24, 2.45) is 10.9 Å². The predicted octanol–water partition coefficient (Wildman–Crippen LogP) is -0.463. The van der Waals surface area contributed by atoms with Gasteiger partial charge in [0, 0.05) is 12.6 Å². The molecule has 0 aromatic carbocycles. The van der Waals surface area contributed by atoms with Crippen molar-refractivity contribution >= 4 is 5.96 Å². The molecule has 0 aromatic rings. The summed E-state index contributed by atoms with van der Waals surface area (Å²) in [5.74, 6) is 0.105. The minimum Gasteiger partial charge on any atom is -0.408 e. The van der Waals surface area contributed by atoms with Gasteiger partial charge in [0.2, 0.25) is 5.96 Å². The van der Waals surface area contributed by atoms with Crippen molar-refractivity contribution in [3.8, 4) is 0 Å². The highest BCUT2D eigenvalue weighted by atomic mass is 16.4. The van der Waals surface area contributed by atoms with Crippen LogP contribution in [-0.4, -0.2) is 40.4 Å². The Morgan fingerprint density at radius 2 is 2.25 bits per heavy atom. The van der Waals surface area contributed by atoms with Crippen molar-refractivity contribution in [1.29, 1.82) is 0 Å². The fourth-order valence-electron chi connectivity index (χ4n) is 1.35. The molecular formula is C7H15N3O2. The van der Waals surface area contributed by atoms with E-state index in [1.807, 2.05) is 0 Å². The highest BCUT2D eigenvalue weighted by Gasteiger charge is 2.25. The molecule has 0 spiro atoms. The van der Waals surface area contributed by atoms with Crippen LogP contribution >= 0.6 is 0 Å². The van der Waals surface area contributed by atoms with Gasteiger partial charge in [-0.15, -0.1) is 0 Å². The van der Waals surface area contributed by atoms with Crippen LogP contribution < -0.4 is 5.73 Å². The van der Waals surface area contributed by atoms with Crippen molar-refractivity contribution in [1.82, 2.24) is 4.90 Å². The summed E-state index contributed by atoms with van der Waals surface area (Å²) in [6.45, 7) is 0.479. The largest absolute Gasteiger partial charge is 0.408 e. The van der Waals surface area contributed by atoms with E-state index >= 15 is 0 Å². The molecule has 0 aliphatic heterocycles. The van der Waals surface area contributed by atoms with Crippen molar-refractivity contribution in [2.75, 3.05) is 13.2 Å². The number of hydrogen-bond acceptors (Lipinski definition) is 3. The number of oxime groups is 1. The number of aliphatic hydroxyl groups excluding tert-OH is 1. The maximum absolute atomic E-state index is 8.72. The molecule has 4 N–H and O–H groups in total. The van der Waals surface area contributed by atoms with Crippen LogP contribution in [-0.2, 0) is 0 Å². The van der Waals surface area contributed by atoms with Gasteiger partial charge in [-0.1, -0.05) is 5.16 Å². The third kappa shape index (κ3) is 1.79. The highest BCUT2D eigenvalue weighted by molar-refractivity contribution is 5.77. The zero-order valence-corrected chi connectivity index (χ0v) is 6.98. The highest BCUT2D eigenvalue weighted by Crippen LogP contribution is 2.24. The maximum Gasteiger partial charge on any atom is 0.233 e. The number of nitrogens with two attached hydrogens (primary N) is 1. The Morgan fingerprint density at radius 1 is 1.58 bits per heavy atom.